The highest BCUT2D eigenvalue weighted by molar-refractivity contribution is 7.80. The first-order valence-electron chi connectivity index (χ1n) is 8.89. The summed E-state index contributed by atoms with van der Waals surface area (Å²) in [5, 5.41) is 0.273. The average molecular weight is 382 g/mol. The Bertz CT molecular complexity index is 918. The maximum absolute atomic E-state index is 12.8. The highest BCUT2D eigenvalue weighted by Gasteiger charge is 2.38. The maximum Gasteiger partial charge on any atom is 0.265 e. The van der Waals surface area contributed by atoms with Gasteiger partial charge in [-0.1, -0.05) is 0 Å². The number of nitrogens with zero attached hydrogens (tertiary/aromatic N) is 4. The standard InChI is InChI=1S/C20H22N4O2S/c1-5-22-18(25)17(19(26)23(6-2)20(22)27)12-15-11-13(3)24(14(15)4)16-7-9-21-10-8-16/h7-12H,5-6H2,1-4H3. The van der Waals surface area contributed by atoms with Crippen molar-refractivity contribution in [2.24, 2.45) is 0 Å². The number of carbonyl (C=O) groups is 2. The molecule has 1 saturated heterocycles. The van der Waals surface area contributed by atoms with Crippen LogP contribution < -0.4 is 0 Å². The zero-order valence-electron chi connectivity index (χ0n) is 15.9. The number of amides is 2. The Labute approximate surface area is 164 Å². The van der Waals surface area contributed by atoms with E-state index in [1.807, 2.05) is 45.9 Å². The van der Waals surface area contributed by atoms with Crippen LogP contribution in [-0.4, -0.2) is 49.4 Å². The molecule has 2 amide bonds. The third-order valence-electron chi connectivity index (χ3n) is 4.74. The van der Waals surface area contributed by atoms with Gasteiger partial charge in [0.25, 0.3) is 11.8 Å². The predicted octanol–water partition coefficient (Wildman–Crippen LogP) is 2.87. The SMILES string of the molecule is CCN1C(=O)C(=Cc2cc(C)n(-c3ccncc3)c2C)C(=O)N(CC)C1=S. The molecule has 1 aliphatic heterocycles. The van der Waals surface area contributed by atoms with Gasteiger partial charge in [0.1, 0.15) is 5.57 Å². The Kier molecular flexibility index (Phi) is 5.23. The minimum absolute atomic E-state index is 0.141. The van der Waals surface area contributed by atoms with Crippen LogP contribution in [0.4, 0.5) is 0 Å². The Morgan fingerprint density at radius 3 is 2.11 bits per heavy atom. The fraction of sp³-hybridized carbons (Fsp3) is 0.300. The molecule has 2 aromatic heterocycles. The molecule has 0 spiro atoms. The average Bonchev–Trinajstić information content (AvgIpc) is 2.93. The van der Waals surface area contributed by atoms with Gasteiger partial charge in [0.05, 0.1) is 0 Å². The summed E-state index contributed by atoms with van der Waals surface area (Å²) >= 11 is 5.31. The molecule has 0 saturated carbocycles. The molecule has 27 heavy (non-hydrogen) atoms. The lowest BCUT2D eigenvalue weighted by Crippen LogP contribution is -2.55. The monoisotopic (exact) mass is 382 g/mol. The summed E-state index contributed by atoms with van der Waals surface area (Å²) < 4.78 is 2.08. The van der Waals surface area contributed by atoms with Crippen molar-refractivity contribution in [2.75, 3.05) is 13.1 Å². The van der Waals surface area contributed by atoms with Gasteiger partial charge in [0.2, 0.25) is 0 Å². The molecule has 1 aliphatic rings. The molecule has 3 heterocycles. The number of aromatic nitrogens is 2. The summed E-state index contributed by atoms with van der Waals surface area (Å²) in [5.41, 5.74) is 3.92. The van der Waals surface area contributed by atoms with Crippen LogP contribution >= 0.6 is 12.2 Å². The van der Waals surface area contributed by atoms with Gasteiger partial charge in [-0.2, -0.15) is 0 Å². The Hall–Kier alpha value is -2.80. The molecular formula is C20H22N4O2S. The zero-order chi connectivity index (χ0) is 19.7. The van der Waals surface area contributed by atoms with Crippen molar-refractivity contribution in [1.82, 2.24) is 19.4 Å². The van der Waals surface area contributed by atoms with Crippen LogP contribution in [0.1, 0.15) is 30.8 Å². The largest absolute Gasteiger partial charge is 0.318 e. The van der Waals surface area contributed by atoms with E-state index in [2.05, 4.69) is 9.55 Å². The van der Waals surface area contributed by atoms with Gasteiger partial charge in [-0.15, -0.1) is 0 Å². The summed E-state index contributed by atoms with van der Waals surface area (Å²) in [4.78, 5) is 32.6. The van der Waals surface area contributed by atoms with E-state index in [-0.39, 0.29) is 22.5 Å². The summed E-state index contributed by atoms with van der Waals surface area (Å²) in [6.07, 6.45) is 5.15. The lowest BCUT2D eigenvalue weighted by molar-refractivity contribution is -0.133. The van der Waals surface area contributed by atoms with Gasteiger partial charge >= 0.3 is 0 Å². The zero-order valence-corrected chi connectivity index (χ0v) is 16.7. The van der Waals surface area contributed by atoms with E-state index in [9.17, 15) is 9.59 Å². The summed E-state index contributed by atoms with van der Waals surface area (Å²) in [6, 6.07) is 5.82. The van der Waals surface area contributed by atoms with Crippen LogP contribution in [0, 0.1) is 13.8 Å². The second-order valence-corrected chi connectivity index (χ2v) is 6.67. The Balaban J connectivity index is 2.09. The van der Waals surface area contributed by atoms with Crippen molar-refractivity contribution in [3.05, 3.63) is 53.1 Å². The molecule has 6 nitrogen and oxygen atoms in total. The summed E-state index contributed by atoms with van der Waals surface area (Å²) in [6.45, 7) is 8.51. The molecule has 2 aromatic rings. The molecule has 3 rings (SSSR count). The molecule has 0 unspecified atom stereocenters. The smallest absolute Gasteiger partial charge is 0.265 e. The maximum atomic E-state index is 12.8. The van der Waals surface area contributed by atoms with Gasteiger partial charge in [-0.05, 0) is 69.8 Å². The lowest BCUT2D eigenvalue weighted by Gasteiger charge is -2.35. The van der Waals surface area contributed by atoms with Crippen molar-refractivity contribution in [1.29, 1.82) is 0 Å². The Morgan fingerprint density at radius 2 is 1.59 bits per heavy atom. The van der Waals surface area contributed by atoms with Gasteiger partial charge < -0.3 is 4.57 Å². The third-order valence-corrected chi connectivity index (χ3v) is 5.18. The van der Waals surface area contributed by atoms with Gasteiger partial charge in [0, 0.05) is 42.6 Å². The van der Waals surface area contributed by atoms with Crippen molar-refractivity contribution < 1.29 is 9.59 Å². The molecule has 0 atom stereocenters. The molecule has 0 bridgehead atoms. The predicted molar refractivity (Wildman–Crippen MR) is 108 cm³/mol. The molecule has 0 radical (unpaired) electrons. The number of pyridine rings is 1. The minimum atomic E-state index is -0.342. The van der Waals surface area contributed by atoms with E-state index in [4.69, 9.17) is 12.2 Å². The van der Waals surface area contributed by atoms with E-state index < -0.39 is 0 Å². The van der Waals surface area contributed by atoms with Gasteiger partial charge in [0.15, 0.2) is 5.11 Å². The first-order valence-corrected chi connectivity index (χ1v) is 9.30. The molecule has 1 fully saturated rings. The van der Waals surface area contributed by atoms with Crippen molar-refractivity contribution in [2.45, 2.75) is 27.7 Å². The van der Waals surface area contributed by atoms with E-state index in [0.29, 0.717) is 13.1 Å². The fourth-order valence-corrected chi connectivity index (χ4v) is 3.79. The molecule has 0 aliphatic carbocycles. The van der Waals surface area contributed by atoms with Gasteiger partial charge in [-0.25, -0.2) is 0 Å². The number of thiocarbonyl (C=S) groups is 1. The minimum Gasteiger partial charge on any atom is -0.318 e. The Morgan fingerprint density at radius 1 is 1.04 bits per heavy atom. The molecule has 0 aromatic carbocycles. The van der Waals surface area contributed by atoms with E-state index in [1.54, 1.807) is 18.5 Å². The summed E-state index contributed by atoms with van der Waals surface area (Å²) in [7, 11) is 0. The topological polar surface area (TPSA) is 58.4 Å². The van der Waals surface area contributed by atoms with Crippen molar-refractivity contribution in [3.8, 4) is 5.69 Å². The van der Waals surface area contributed by atoms with Crippen LogP contribution in [0.15, 0.2) is 36.2 Å². The van der Waals surface area contributed by atoms with E-state index in [0.717, 1.165) is 22.6 Å². The summed E-state index contributed by atoms with van der Waals surface area (Å²) in [5.74, 6) is -0.683. The van der Waals surface area contributed by atoms with Crippen LogP contribution in [0.3, 0.4) is 0 Å². The van der Waals surface area contributed by atoms with E-state index in [1.165, 1.54) is 9.80 Å². The first kappa shape index (κ1) is 19.0. The van der Waals surface area contributed by atoms with Crippen LogP contribution in [0.5, 0.6) is 0 Å². The number of rotatable bonds is 4. The highest BCUT2D eigenvalue weighted by atomic mass is 32.1. The number of likely N-dealkylation sites (N-methyl/N-ethyl adjacent to an activating group) is 2. The molecule has 0 N–H and O–H groups in total. The van der Waals surface area contributed by atoms with Crippen molar-refractivity contribution >= 4 is 35.2 Å². The van der Waals surface area contributed by atoms with Gasteiger partial charge in [-0.3, -0.25) is 24.4 Å². The third kappa shape index (κ3) is 3.19. The number of hydrogen-bond acceptors (Lipinski definition) is 4. The second kappa shape index (κ2) is 7.44. The van der Waals surface area contributed by atoms with Crippen LogP contribution in [-0.2, 0) is 9.59 Å². The number of aryl methyl sites for hydroxylation is 1. The highest BCUT2D eigenvalue weighted by Crippen LogP contribution is 2.25. The first-order chi connectivity index (χ1) is 12.9. The quantitative estimate of drug-likeness (QED) is 0.464. The normalized spacial score (nSPS) is 15.0. The van der Waals surface area contributed by atoms with Crippen LogP contribution in [0.25, 0.3) is 11.8 Å². The number of hydrogen-bond donors (Lipinski definition) is 0. The van der Waals surface area contributed by atoms with Crippen LogP contribution in [0.2, 0.25) is 0 Å². The van der Waals surface area contributed by atoms with Crippen molar-refractivity contribution in [3.63, 3.8) is 0 Å². The molecule has 7 heteroatoms. The van der Waals surface area contributed by atoms with E-state index >= 15 is 0 Å². The lowest BCUT2D eigenvalue weighted by atomic mass is 10.1. The molecular weight excluding hydrogens is 360 g/mol. The second-order valence-electron chi connectivity index (χ2n) is 6.31. The number of carbonyl (C=O) groups excluding carboxylic acids is 2. The fourth-order valence-electron chi connectivity index (χ4n) is 3.36. The molecule has 140 valence electrons.